The highest BCUT2D eigenvalue weighted by molar-refractivity contribution is 5.66. The van der Waals surface area contributed by atoms with Gasteiger partial charge in [0, 0.05) is 13.5 Å². The van der Waals surface area contributed by atoms with Gasteiger partial charge >= 0.3 is 5.97 Å². The van der Waals surface area contributed by atoms with Gasteiger partial charge in [-0.05, 0) is 51.4 Å². The number of allylic oxidation sites excluding steroid dienone is 12. The van der Waals surface area contributed by atoms with Crippen molar-refractivity contribution in [3.05, 3.63) is 72.9 Å². The van der Waals surface area contributed by atoms with Crippen molar-refractivity contribution in [1.29, 1.82) is 0 Å². The van der Waals surface area contributed by atoms with Crippen molar-refractivity contribution in [2.75, 3.05) is 26.4 Å². The minimum atomic E-state index is -1.54. The summed E-state index contributed by atoms with van der Waals surface area (Å²) in [5.74, 6) is -0.515. The molecule has 1 heterocycles. The van der Waals surface area contributed by atoms with Crippen molar-refractivity contribution < 1.29 is 44.2 Å². The second-order valence-electron chi connectivity index (χ2n) is 9.89. The molecule has 9 heteroatoms. The van der Waals surface area contributed by atoms with E-state index in [-0.39, 0.29) is 13.2 Å². The minimum Gasteiger partial charge on any atom is -0.458 e. The molecule has 1 rings (SSSR count). The number of carbonyl (C=O) groups is 1. The third-order valence-electron chi connectivity index (χ3n) is 6.19. The van der Waals surface area contributed by atoms with E-state index in [9.17, 15) is 25.2 Å². The molecule has 1 aliphatic rings. The molecule has 42 heavy (non-hydrogen) atoms. The van der Waals surface area contributed by atoms with Crippen LogP contribution in [-0.4, -0.2) is 89.6 Å². The van der Waals surface area contributed by atoms with Crippen LogP contribution in [0.2, 0.25) is 0 Å². The summed E-state index contributed by atoms with van der Waals surface area (Å²) in [6.07, 6.45) is 25.8. The first-order valence-electron chi connectivity index (χ1n) is 15.0. The Bertz CT molecular complexity index is 860. The fourth-order valence-corrected chi connectivity index (χ4v) is 3.92. The van der Waals surface area contributed by atoms with Gasteiger partial charge in [-0.3, -0.25) is 4.79 Å². The van der Waals surface area contributed by atoms with Crippen molar-refractivity contribution in [3.8, 4) is 0 Å². The predicted molar refractivity (Wildman–Crippen MR) is 164 cm³/mol. The summed E-state index contributed by atoms with van der Waals surface area (Å²) in [7, 11) is 0. The molecule has 9 nitrogen and oxygen atoms in total. The molecule has 1 fully saturated rings. The molecular formula is C33H52O9. The third-order valence-corrected chi connectivity index (χ3v) is 6.19. The minimum absolute atomic E-state index is 0.0841. The van der Waals surface area contributed by atoms with E-state index in [4.69, 9.17) is 18.9 Å². The Hall–Kier alpha value is -2.37. The molecule has 0 saturated carbocycles. The summed E-state index contributed by atoms with van der Waals surface area (Å²) >= 11 is 0. The molecule has 0 aromatic rings. The first kappa shape index (κ1) is 37.7. The van der Waals surface area contributed by atoms with Gasteiger partial charge < -0.3 is 39.4 Å². The molecule has 0 spiro atoms. The molecule has 6 unspecified atom stereocenters. The monoisotopic (exact) mass is 592 g/mol. The summed E-state index contributed by atoms with van der Waals surface area (Å²) in [5, 5.41) is 39.1. The third kappa shape index (κ3) is 18.2. The number of aliphatic hydroxyl groups excluding tert-OH is 4. The highest BCUT2D eigenvalue weighted by Gasteiger charge is 2.44. The van der Waals surface area contributed by atoms with Crippen LogP contribution in [0.25, 0.3) is 0 Å². The fraction of sp³-hybridized carbons (Fsp3) is 0.606. The number of esters is 1. The van der Waals surface area contributed by atoms with E-state index in [0.717, 1.165) is 51.4 Å². The molecule has 1 aliphatic heterocycles. The van der Waals surface area contributed by atoms with Crippen LogP contribution in [-0.2, 0) is 23.7 Å². The average Bonchev–Trinajstić information content (AvgIpc) is 2.97. The van der Waals surface area contributed by atoms with Gasteiger partial charge in [0.1, 0.15) is 30.5 Å². The Morgan fingerprint density at radius 3 is 1.79 bits per heavy atom. The van der Waals surface area contributed by atoms with Crippen LogP contribution in [0.15, 0.2) is 72.9 Å². The summed E-state index contributed by atoms with van der Waals surface area (Å²) in [6.45, 7) is 3.24. The van der Waals surface area contributed by atoms with E-state index in [0.29, 0.717) is 6.61 Å². The van der Waals surface area contributed by atoms with Gasteiger partial charge in [-0.25, -0.2) is 0 Å². The van der Waals surface area contributed by atoms with E-state index in [2.05, 4.69) is 79.8 Å². The van der Waals surface area contributed by atoms with Crippen molar-refractivity contribution in [3.63, 3.8) is 0 Å². The molecule has 0 aliphatic carbocycles. The standard InChI is InChI=1S/C33H52O9/c1-3-4-5-6-7-8-9-10-11-12-13-14-15-16-17-18-19-20-21-22-23-39-25-28(41-27(2)35)26-40-33-32(38)31(37)30(36)29(24-34)42-33/h4-5,7-8,10-11,13-14,16-17,19-20,28-34,36-38H,3,6,9,12,15,18,21-26H2,1-2H3/b5-4-,8-7-,11-10-,14-13-,17-16-,20-19-. The maximum absolute atomic E-state index is 11.4. The maximum Gasteiger partial charge on any atom is 0.303 e. The summed E-state index contributed by atoms with van der Waals surface area (Å²) < 4.78 is 21.6. The largest absolute Gasteiger partial charge is 0.458 e. The Balaban J connectivity index is 2.14. The highest BCUT2D eigenvalue weighted by Crippen LogP contribution is 2.22. The first-order chi connectivity index (χ1) is 20.4. The zero-order valence-corrected chi connectivity index (χ0v) is 25.2. The Morgan fingerprint density at radius 1 is 0.762 bits per heavy atom. The molecule has 238 valence electrons. The van der Waals surface area contributed by atoms with Crippen molar-refractivity contribution in [2.24, 2.45) is 0 Å². The van der Waals surface area contributed by atoms with Crippen LogP contribution >= 0.6 is 0 Å². The molecule has 4 N–H and O–H groups in total. The molecule has 0 aromatic carbocycles. The van der Waals surface area contributed by atoms with Crippen LogP contribution in [0.3, 0.4) is 0 Å². The van der Waals surface area contributed by atoms with Gasteiger partial charge in [0.15, 0.2) is 6.29 Å². The van der Waals surface area contributed by atoms with Gasteiger partial charge in [-0.15, -0.1) is 0 Å². The quantitative estimate of drug-likeness (QED) is 0.0828. The number of rotatable bonds is 22. The van der Waals surface area contributed by atoms with E-state index in [1.54, 1.807) is 0 Å². The average molecular weight is 593 g/mol. The van der Waals surface area contributed by atoms with E-state index < -0.39 is 49.4 Å². The molecule has 0 amide bonds. The molecule has 1 saturated heterocycles. The van der Waals surface area contributed by atoms with Crippen LogP contribution in [0.1, 0.15) is 65.2 Å². The van der Waals surface area contributed by atoms with E-state index in [1.807, 2.05) is 0 Å². The second-order valence-corrected chi connectivity index (χ2v) is 9.89. The molecule has 0 aromatic heterocycles. The lowest BCUT2D eigenvalue weighted by atomic mass is 9.99. The topological polar surface area (TPSA) is 135 Å². The Morgan fingerprint density at radius 2 is 1.29 bits per heavy atom. The zero-order valence-electron chi connectivity index (χ0n) is 25.2. The lowest BCUT2D eigenvalue weighted by molar-refractivity contribution is -0.305. The predicted octanol–water partition coefficient (Wildman–Crippen LogP) is 4.23. The van der Waals surface area contributed by atoms with Crippen LogP contribution in [0.4, 0.5) is 0 Å². The van der Waals surface area contributed by atoms with Crippen LogP contribution in [0.5, 0.6) is 0 Å². The number of hydrogen-bond acceptors (Lipinski definition) is 9. The maximum atomic E-state index is 11.4. The SMILES string of the molecule is CC/C=C\C/C=C\C/C=C\C/C=C\C/C=C\C/C=C\CCCOCC(COC1OC(CO)C(O)C(O)C1O)OC(C)=O. The number of aliphatic hydroxyl groups is 4. The molecule has 0 radical (unpaired) electrons. The number of carbonyl (C=O) groups excluding carboxylic acids is 1. The van der Waals surface area contributed by atoms with E-state index >= 15 is 0 Å². The molecular weight excluding hydrogens is 540 g/mol. The van der Waals surface area contributed by atoms with E-state index in [1.165, 1.54) is 6.92 Å². The first-order valence-corrected chi connectivity index (χ1v) is 15.0. The van der Waals surface area contributed by atoms with Crippen LogP contribution < -0.4 is 0 Å². The van der Waals surface area contributed by atoms with Crippen molar-refractivity contribution in [1.82, 2.24) is 0 Å². The number of unbranched alkanes of at least 4 members (excludes halogenated alkanes) is 1. The van der Waals surface area contributed by atoms with Gasteiger partial charge in [-0.1, -0.05) is 79.8 Å². The zero-order chi connectivity index (χ0) is 30.8. The van der Waals surface area contributed by atoms with Crippen molar-refractivity contribution in [2.45, 2.75) is 102 Å². The van der Waals surface area contributed by atoms with Gasteiger partial charge in [0.2, 0.25) is 0 Å². The fourth-order valence-electron chi connectivity index (χ4n) is 3.92. The second kappa shape index (κ2) is 25.2. The Kier molecular flexibility index (Phi) is 22.6. The lowest BCUT2D eigenvalue weighted by Crippen LogP contribution is -2.59. The van der Waals surface area contributed by atoms with Gasteiger partial charge in [0.05, 0.1) is 19.8 Å². The summed E-state index contributed by atoms with van der Waals surface area (Å²) in [5.41, 5.74) is 0. The lowest BCUT2D eigenvalue weighted by Gasteiger charge is -2.39. The smallest absolute Gasteiger partial charge is 0.303 e. The van der Waals surface area contributed by atoms with Crippen LogP contribution in [0, 0.1) is 0 Å². The number of hydrogen-bond donors (Lipinski definition) is 4. The molecule has 0 bridgehead atoms. The van der Waals surface area contributed by atoms with Crippen molar-refractivity contribution >= 4 is 5.97 Å². The Labute approximate surface area is 251 Å². The van der Waals surface area contributed by atoms with Gasteiger partial charge in [-0.2, -0.15) is 0 Å². The van der Waals surface area contributed by atoms with Gasteiger partial charge in [0.25, 0.3) is 0 Å². The summed E-state index contributed by atoms with van der Waals surface area (Å²) in [4.78, 5) is 11.4. The number of ether oxygens (including phenoxy) is 4. The highest BCUT2D eigenvalue weighted by atomic mass is 16.7. The normalized spacial score (nSPS) is 24.4. The molecule has 6 atom stereocenters. The summed E-state index contributed by atoms with van der Waals surface area (Å²) in [6, 6.07) is 0.